The largest absolute Gasteiger partial charge is 0.367 e. The summed E-state index contributed by atoms with van der Waals surface area (Å²) in [6.07, 6.45) is 6.91. The van der Waals surface area contributed by atoms with Gasteiger partial charge in [-0.15, -0.1) is 0 Å². The van der Waals surface area contributed by atoms with Crippen molar-refractivity contribution in [2.45, 2.75) is 49.8 Å². The van der Waals surface area contributed by atoms with Crippen molar-refractivity contribution in [3.63, 3.8) is 0 Å². The SMILES string of the molecule is CN1CCN(c2ccc(S(=O)(=O)N3CCCCC3)cc2NC(=O)C2CCCC2)CC1. The number of likely N-dealkylation sites (N-methyl/N-ethyl adjacent to an activating group) is 1. The van der Waals surface area contributed by atoms with Crippen molar-refractivity contribution >= 4 is 27.3 Å². The van der Waals surface area contributed by atoms with Crippen LogP contribution < -0.4 is 10.2 Å². The molecule has 1 aromatic carbocycles. The van der Waals surface area contributed by atoms with Gasteiger partial charge < -0.3 is 15.1 Å². The summed E-state index contributed by atoms with van der Waals surface area (Å²) in [6.45, 7) is 4.77. The van der Waals surface area contributed by atoms with Gasteiger partial charge in [0, 0.05) is 45.2 Å². The first-order chi connectivity index (χ1) is 14.4. The number of nitrogens with one attached hydrogen (secondary N) is 1. The fourth-order valence-electron chi connectivity index (χ4n) is 4.78. The number of carbonyl (C=O) groups is 1. The van der Waals surface area contributed by atoms with Gasteiger partial charge in [-0.1, -0.05) is 19.3 Å². The Bertz CT molecular complexity index is 853. The zero-order valence-electron chi connectivity index (χ0n) is 18.0. The summed E-state index contributed by atoms with van der Waals surface area (Å²) in [5.41, 5.74) is 1.56. The zero-order valence-corrected chi connectivity index (χ0v) is 18.8. The molecule has 30 heavy (non-hydrogen) atoms. The van der Waals surface area contributed by atoms with Crippen molar-refractivity contribution in [3.8, 4) is 0 Å². The van der Waals surface area contributed by atoms with Crippen LogP contribution in [-0.2, 0) is 14.8 Å². The Morgan fingerprint density at radius 2 is 1.60 bits per heavy atom. The number of carbonyl (C=O) groups excluding carboxylic acids is 1. The molecule has 8 heteroatoms. The molecule has 0 radical (unpaired) electrons. The molecule has 1 aliphatic carbocycles. The molecule has 0 atom stereocenters. The molecule has 1 saturated carbocycles. The van der Waals surface area contributed by atoms with Crippen molar-refractivity contribution in [1.82, 2.24) is 9.21 Å². The van der Waals surface area contributed by atoms with Crippen LogP contribution in [0, 0.1) is 5.92 Å². The lowest BCUT2D eigenvalue weighted by molar-refractivity contribution is -0.119. The van der Waals surface area contributed by atoms with Crippen molar-refractivity contribution in [2.24, 2.45) is 5.92 Å². The molecule has 2 heterocycles. The maximum Gasteiger partial charge on any atom is 0.243 e. The van der Waals surface area contributed by atoms with Crippen LogP contribution in [0.4, 0.5) is 11.4 Å². The van der Waals surface area contributed by atoms with Crippen molar-refractivity contribution < 1.29 is 13.2 Å². The number of rotatable bonds is 5. The summed E-state index contributed by atoms with van der Waals surface area (Å²) in [7, 11) is -1.43. The molecule has 0 bridgehead atoms. The van der Waals surface area contributed by atoms with E-state index >= 15 is 0 Å². The molecule has 166 valence electrons. The molecule has 4 rings (SSSR count). The van der Waals surface area contributed by atoms with E-state index in [-0.39, 0.29) is 16.7 Å². The van der Waals surface area contributed by atoms with Gasteiger partial charge in [-0.25, -0.2) is 8.42 Å². The second-order valence-corrected chi connectivity index (χ2v) is 10.8. The minimum atomic E-state index is -3.54. The molecule has 2 saturated heterocycles. The van der Waals surface area contributed by atoms with Gasteiger partial charge in [-0.3, -0.25) is 4.79 Å². The van der Waals surface area contributed by atoms with Crippen LogP contribution in [0.2, 0.25) is 0 Å². The number of piperazine rings is 1. The summed E-state index contributed by atoms with van der Waals surface area (Å²) in [6, 6.07) is 5.28. The Morgan fingerprint density at radius 1 is 0.933 bits per heavy atom. The number of anilines is 2. The van der Waals surface area contributed by atoms with E-state index < -0.39 is 10.0 Å². The second kappa shape index (κ2) is 9.24. The predicted octanol–water partition coefficient (Wildman–Crippen LogP) is 2.74. The number of hydrogen-bond donors (Lipinski definition) is 1. The normalized spacial score (nSPS) is 22.4. The van der Waals surface area contributed by atoms with Crippen LogP contribution in [0.15, 0.2) is 23.1 Å². The van der Waals surface area contributed by atoms with Crippen molar-refractivity contribution in [3.05, 3.63) is 18.2 Å². The van der Waals surface area contributed by atoms with Gasteiger partial charge in [0.15, 0.2) is 0 Å². The monoisotopic (exact) mass is 434 g/mol. The van der Waals surface area contributed by atoms with Crippen LogP contribution in [0.25, 0.3) is 0 Å². The van der Waals surface area contributed by atoms with Gasteiger partial charge in [-0.2, -0.15) is 4.31 Å². The first kappa shape index (κ1) is 21.6. The highest BCUT2D eigenvalue weighted by Gasteiger charge is 2.29. The summed E-state index contributed by atoms with van der Waals surface area (Å²) in [5, 5.41) is 3.10. The average molecular weight is 435 g/mol. The Morgan fingerprint density at radius 3 is 2.27 bits per heavy atom. The summed E-state index contributed by atoms with van der Waals surface area (Å²) < 4.78 is 28.0. The molecule has 1 amide bonds. The lowest BCUT2D eigenvalue weighted by Gasteiger charge is -2.35. The smallest absolute Gasteiger partial charge is 0.243 e. The van der Waals surface area contributed by atoms with E-state index in [0.29, 0.717) is 18.8 Å². The number of amides is 1. The van der Waals surface area contributed by atoms with Crippen molar-refractivity contribution in [1.29, 1.82) is 0 Å². The zero-order chi connectivity index (χ0) is 21.1. The first-order valence-corrected chi connectivity index (χ1v) is 12.8. The summed E-state index contributed by atoms with van der Waals surface area (Å²) >= 11 is 0. The van der Waals surface area contributed by atoms with E-state index in [9.17, 15) is 13.2 Å². The minimum Gasteiger partial charge on any atom is -0.367 e. The maximum atomic E-state index is 13.2. The highest BCUT2D eigenvalue weighted by molar-refractivity contribution is 7.89. The van der Waals surface area contributed by atoms with Gasteiger partial charge in [0.25, 0.3) is 0 Å². The Labute approximate surface area is 180 Å². The molecule has 1 aromatic rings. The van der Waals surface area contributed by atoms with E-state index in [4.69, 9.17) is 0 Å². The molecule has 3 fully saturated rings. The summed E-state index contributed by atoms with van der Waals surface area (Å²) in [5.74, 6) is 0.0584. The standard InChI is InChI=1S/C22H34N4O3S/c1-24-13-15-25(16-14-24)21-10-9-19(30(28,29)26-11-5-2-6-12-26)17-20(21)23-22(27)18-7-3-4-8-18/h9-10,17-18H,2-8,11-16H2,1H3,(H,23,27). The molecule has 0 aromatic heterocycles. The predicted molar refractivity (Wildman–Crippen MR) is 119 cm³/mol. The van der Waals surface area contributed by atoms with Gasteiger partial charge >= 0.3 is 0 Å². The first-order valence-electron chi connectivity index (χ1n) is 11.3. The highest BCUT2D eigenvalue weighted by Crippen LogP contribution is 2.33. The third kappa shape index (κ3) is 4.65. The van der Waals surface area contributed by atoms with E-state index in [2.05, 4.69) is 22.2 Å². The van der Waals surface area contributed by atoms with E-state index in [1.54, 1.807) is 16.4 Å². The number of piperidine rings is 1. The maximum absolute atomic E-state index is 13.2. The van der Waals surface area contributed by atoms with Crippen LogP contribution in [0.5, 0.6) is 0 Å². The van der Waals surface area contributed by atoms with Gasteiger partial charge in [0.1, 0.15) is 0 Å². The third-order valence-electron chi connectivity index (χ3n) is 6.75. The topological polar surface area (TPSA) is 73.0 Å². The summed E-state index contributed by atoms with van der Waals surface area (Å²) in [4.78, 5) is 17.7. The molecule has 0 unspecified atom stereocenters. The fourth-order valence-corrected chi connectivity index (χ4v) is 6.32. The number of nitrogens with zero attached hydrogens (tertiary/aromatic N) is 3. The molecule has 7 nitrogen and oxygen atoms in total. The van der Waals surface area contributed by atoms with Crippen LogP contribution in [-0.4, -0.2) is 69.8 Å². The Hall–Kier alpha value is -1.64. The molecule has 1 N–H and O–H groups in total. The highest BCUT2D eigenvalue weighted by atomic mass is 32.2. The fraction of sp³-hybridized carbons (Fsp3) is 0.682. The minimum absolute atomic E-state index is 0.0235. The van der Waals surface area contributed by atoms with Gasteiger partial charge in [0.05, 0.1) is 16.3 Å². The molecule has 3 aliphatic rings. The average Bonchev–Trinajstić information content (AvgIpc) is 3.30. The Kier molecular flexibility index (Phi) is 6.65. The molecular weight excluding hydrogens is 400 g/mol. The van der Waals surface area contributed by atoms with Crippen LogP contribution in [0.1, 0.15) is 44.9 Å². The van der Waals surface area contributed by atoms with E-state index in [1.807, 2.05) is 6.07 Å². The molecule has 0 spiro atoms. The lowest BCUT2D eigenvalue weighted by atomic mass is 10.1. The molecular formula is C22H34N4O3S. The van der Waals surface area contributed by atoms with E-state index in [1.165, 1.54) is 0 Å². The van der Waals surface area contributed by atoms with Gasteiger partial charge in [0.2, 0.25) is 15.9 Å². The third-order valence-corrected chi connectivity index (χ3v) is 8.64. The lowest BCUT2D eigenvalue weighted by Crippen LogP contribution is -2.44. The van der Waals surface area contributed by atoms with Gasteiger partial charge in [-0.05, 0) is 50.9 Å². The van der Waals surface area contributed by atoms with Crippen molar-refractivity contribution in [2.75, 3.05) is 56.5 Å². The molecule has 2 aliphatic heterocycles. The number of hydrogen-bond acceptors (Lipinski definition) is 5. The second-order valence-electron chi connectivity index (χ2n) is 8.90. The quantitative estimate of drug-likeness (QED) is 0.771. The Balaban J connectivity index is 1.63. The number of benzene rings is 1. The van der Waals surface area contributed by atoms with Crippen LogP contribution >= 0.6 is 0 Å². The number of sulfonamides is 1. The van der Waals surface area contributed by atoms with E-state index in [0.717, 1.165) is 76.8 Å². The van der Waals surface area contributed by atoms with Crippen LogP contribution in [0.3, 0.4) is 0 Å².